The van der Waals surface area contributed by atoms with Crippen LogP contribution in [0.4, 0.5) is 5.69 Å². The highest BCUT2D eigenvalue weighted by molar-refractivity contribution is 7.93. The molecule has 1 aliphatic heterocycles. The highest BCUT2D eigenvalue weighted by Crippen LogP contribution is 2.25. The number of sulfonamides is 1. The summed E-state index contributed by atoms with van der Waals surface area (Å²) >= 11 is 0. The molecule has 0 aromatic heterocycles. The number of ether oxygens (including phenoxy) is 1. The molecule has 1 atom stereocenters. The van der Waals surface area contributed by atoms with E-state index in [0.29, 0.717) is 24.2 Å². The van der Waals surface area contributed by atoms with E-state index in [1.54, 1.807) is 24.3 Å². The molecule has 1 unspecified atom stereocenters. The Balaban J connectivity index is 1.76. The van der Waals surface area contributed by atoms with Gasteiger partial charge in [-0.25, -0.2) is 8.42 Å². The minimum atomic E-state index is -3.27. The number of carbonyl (C=O) groups excluding carboxylic acids is 2. The molecule has 154 valence electrons. The van der Waals surface area contributed by atoms with Gasteiger partial charge in [-0.3, -0.25) is 13.9 Å². The van der Waals surface area contributed by atoms with Crippen LogP contribution in [0, 0.1) is 6.92 Å². The fourth-order valence-corrected chi connectivity index (χ4v) is 4.82. The lowest BCUT2D eigenvalue weighted by atomic mass is 10.0. The van der Waals surface area contributed by atoms with Crippen molar-refractivity contribution in [3.63, 3.8) is 0 Å². The van der Waals surface area contributed by atoms with Crippen LogP contribution in [-0.4, -0.2) is 39.7 Å². The van der Waals surface area contributed by atoms with Crippen molar-refractivity contribution in [3.05, 3.63) is 65.2 Å². The molecule has 1 N–H and O–H groups in total. The van der Waals surface area contributed by atoms with Crippen LogP contribution in [0.1, 0.15) is 40.4 Å². The highest BCUT2D eigenvalue weighted by Gasteiger charge is 2.28. The molecule has 3 rings (SSSR count). The van der Waals surface area contributed by atoms with E-state index in [2.05, 4.69) is 5.32 Å². The first kappa shape index (κ1) is 20.9. The van der Waals surface area contributed by atoms with Crippen molar-refractivity contribution in [2.75, 3.05) is 23.7 Å². The summed E-state index contributed by atoms with van der Waals surface area (Å²) in [7, 11) is -1.96. The van der Waals surface area contributed by atoms with Crippen LogP contribution in [-0.2, 0) is 19.6 Å². The van der Waals surface area contributed by atoms with Gasteiger partial charge < -0.3 is 10.1 Å². The molecule has 29 heavy (non-hydrogen) atoms. The maximum absolute atomic E-state index is 12.7. The van der Waals surface area contributed by atoms with Crippen LogP contribution >= 0.6 is 0 Å². The lowest BCUT2D eigenvalue weighted by molar-refractivity contribution is -0.141. The summed E-state index contributed by atoms with van der Waals surface area (Å²) < 4.78 is 30.2. The van der Waals surface area contributed by atoms with Gasteiger partial charge in [0.2, 0.25) is 10.0 Å². The molecule has 0 bridgehead atoms. The predicted octanol–water partition coefficient (Wildman–Crippen LogP) is 2.57. The summed E-state index contributed by atoms with van der Waals surface area (Å²) in [5, 5.41) is 2.87. The Kier molecular flexibility index (Phi) is 6.22. The molecule has 1 saturated heterocycles. The molecule has 2 aromatic rings. The number of nitrogens with one attached hydrogen (secondary N) is 1. The largest absolute Gasteiger partial charge is 0.469 e. The SMILES string of the molecule is COC(=O)CC(NC(=O)c1ccc(N2CCCS2(=O)=O)cc1)c1ccc(C)cc1. The number of anilines is 1. The molecule has 1 fully saturated rings. The van der Waals surface area contributed by atoms with E-state index < -0.39 is 22.0 Å². The lowest BCUT2D eigenvalue weighted by Crippen LogP contribution is -2.30. The number of aryl methyl sites for hydroxylation is 1. The van der Waals surface area contributed by atoms with Crippen LogP contribution in [0.2, 0.25) is 0 Å². The molecular formula is C21H24N2O5S. The van der Waals surface area contributed by atoms with E-state index in [9.17, 15) is 18.0 Å². The maximum Gasteiger partial charge on any atom is 0.307 e. The average Bonchev–Trinajstić information content (AvgIpc) is 3.07. The minimum absolute atomic E-state index is 0.00933. The van der Waals surface area contributed by atoms with Gasteiger partial charge in [0.15, 0.2) is 0 Å². The fourth-order valence-electron chi connectivity index (χ4n) is 3.25. The molecule has 1 amide bonds. The van der Waals surface area contributed by atoms with Crippen LogP contribution in [0.5, 0.6) is 0 Å². The summed E-state index contributed by atoms with van der Waals surface area (Å²) in [6.45, 7) is 2.41. The Morgan fingerprint density at radius 1 is 1.10 bits per heavy atom. The van der Waals surface area contributed by atoms with Gasteiger partial charge in [-0.2, -0.15) is 0 Å². The van der Waals surface area contributed by atoms with Crippen molar-refractivity contribution in [2.45, 2.75) is 25.8 Å². The molecule has 1 heterocycles. The van der Waals surface area contributed by atoms with Crippen LogP contribution in [0.25, 0.3) is 0 Å². The van der Waals surface area contributed by atoms with Gasteiger partial charge in [0.05, 0.1) is 31.0 Å². The second kappa shape index (κ2) is 8.65. The zero-order chi connectivity index (χ0) is 21.0. The number of carbonyl (C=O) groups is 2. The van der Waals surface area contributed by atoms with E-state index in [4.69, 9.17) is 4.74 Å². The second-order valence-electron chi connectivity index (χ2n) is 7.01. The smallest absolute Gasteiger partial charge is 0.307 e. The first-order valence-electron chi connectivity index (χ1n) is 9.35. The molecule has 0 saturated carbocycles. The van der Waals surface area contributed by atoms with Gasteiger partial charge in [0.25, 0.3) is 5.91 Å². The third-order valence-corrected chi connectivity index (χ3v) is 6.77. The van der Waals surface area contributed by atoms with Gasteiger partial charge >= 0.3 is 5.97 Å². The molecule has 7 nitrogen and oxygen atoms in total. The lowest BCUT2D eigenvalue weighted by Gasteiger charge is -2.19. The fraction of sp³-hybridized carbons (Fsp3) is 0.333. The van der Waals surface area contributed by atoms with Crippen LogP contribution in [0.15, 0.2) is 48.5 Å². The number of esters is 1. The third kappa shape index (κ3) is 4.95. The molecule has 0 spiro atoms. The van der Waals surface area contributed by atoms with Gasteiger partial charge in [0.1, 0.15) is 0 Å². The number of benzene rings is 2. The zero-order valence-electron chi connectivity index (χ0n) is 16.4. The van der Waals surface area contributed by atoms with Gasteiger partial charge in [-0.15, -0.1) is 0 Å². The van der Waals surface area contributed by atoms with Crippen molar-refractivity contribution >= 4 is 27.6 Å². The zero-order valence-corrected chi connectivity index (χ0v) is 17.2. The third-order valence-electron chi connectivity index (χ3n) is 4.90. The topological polar surface area (TPSA) is 92.8 Å². The number of nitrogens with zero attached hydrogens (tertiary/aromatic N) is 1. The minimum Gasteiger partial charge on any atom is -0.469 e. The molecular weight excluding hydrogens is 392 g/mol. The normalized spacial score (nSPS) is 16.3. The van der Waals surface area contributed by atoms with Gasteiger partial charge in [-0.1, -0.05) is 29.8 Å². The standard InChI is InChI=1S/C21H24N2O5S/c1-15-4-6-16(7-5-15)19(14-20(24)28-2)22-21(25)17-8-10-18(11-9-17)23-12-3-13-29(23,26)27/h4-11,19H,3,12-14H2,1-2H3,(H,22,25). The summed E-state index contributed by atoms with van der Waals surface area (Å²) in [4.78, 5) is 24.5. The first-order valence-corrected chi connectivity index (χ1v) is 11.0. The quantitative estimate of drug-likeness (QED) is 0.731. The molecule has 8 heteroatoms. The Bertz CT molecular complexity index is 985. The van der Waals surface area contributed by atoms with E-state index in [0.717, 1.165) is 11.1 Å². The molecule has 0 aliphatic carbocycles. The number of hydrogen-bond acceptors (Lipinski definition) is 5. The molecule has 0 radical (unpaired) electrons. The number of methoxy groups -OCH3 is 1. The van der Waals surface area contributed by atoms with Crippen LogP contribution in [0.3, 0.4) is 0 Å². The van der Waals surface area contributed by atoms with Gasteiger partial charge in [-0.05, 0) is 43.2 Å². The van der Waals surface area contributed by atoms with Crippen molar-refractivity contribution < 1.29 is 22.7 Å². The van der Waals surface area contributed by atoms with E-state index >= 15 is 0 Å². The maximum atomic E-state index is 12.7. The summed E-state index contributed by atoms with van der Waals surface area (Å²) in [6, 6.07) is 13.4. The highest BCUT2D eigenvalue weighted by atomic mass is 32.2. The van der Waals surface area contributed by atoms with E-state index in [-0.39, 0.29) is 18.1 Å². The van der Waals surface area contributed by atoms with E-state index in [1.165, 1.54) is 11.4 Å². The van der Waals surface area contributed by atoms with Crippen molar-refractivity contribution in [1.29, 1.82) is 0 Å². The monoisotopic (exact) mass is 416 g/mol. The second-order valence-corrected chi connectivity index (χ2v) is 9.02. The summed E-state index contributed by atoms with van der Waals surface area (Å²) in [5.74, 6) is -0.637. The number of amides is 1. The summed E-state index contributed by atoms with van der Waals surface area (Å²) in [6.07, 6.45) is 0.603. The number of rotatable bonds is 6. The Labute approximate surface area is 170 Å². The Morgan fingerprint density at radius 3 is 2.31 bits per heavy atom. The Morgan fingerprint density at radius 2 is 1.76 bits per heavy atom. The van der Waals surface area contributed by atoms with Crippen molar-refractivity contribution in [2.24, 2.45) is 0 Å². The van der Waals surface area contributed by atoms with E-state index in [1.807, 2.05) is 31.2 Å². The predicted molar refractivity (Wildman–Crippen MR) is 110 cm³/mol. The average molecular weight is 416 g/mol. The van der Waals surface area contributed by atoms with Crippen molar-refractivity contribution in [3.8, 4) is 0 Å². The molecule has 2 aromatic carbocycles. The molecule has 1 aliphatic rings. The van der Waals surface area contributed by atoms with Crippen LogP contribution < -0.4 is 9.62 Å². The Hall–Kier alpha value is -2.87. The first-order chi connectivity index (χ1) is 13.8. The van der Waals surface area contributed by atoms with Crippen molar-refractivity contribution in [1.82, 2.24) is 5.32 Å². The van der Waals surface area contributed by atoms with Gasteiger partial charge in [0, 0.05) is 12.1 Å². The number of hydrogen-bond donors (Lipinski definition) is 1. The summed E-state index contributed by atoms with van der Waals surface area (Å²) in [5.41, 5.74) is 2.80.